The van der Waals surface area contributed by atoms with Gasteiger partial charge in [0, 0.05) is 24.5 Å². The Kier molecular flexibility index (Phi) is 5.50. The van der Waals surface area contributed by atoms with Crippen LogP contribution in [0.25, 0.3) is 11.1 Å². The number of benzene rings is 1. The summed E-state index contributed by atoms with van der Waals surface area (Å²) < 4.78 is 32.1. The topological polar surface area (TPSA) is 60.2 Å². The normalized spacial score (nSPS) is 16.8. The van der Waals surface area contributed by atoms with Crippen LogP contribution in [-0.2, 0) is 0 Å². The van der Waals surface area contributed by atoms with Gasteiger partial charge in [0.25, 0.3) is 5.91 Å². The van der Waals surface area contributed by atoms with E-state index in [2.05, 4.69) is 10.1 Å². The summed E-state index contributed by atoms with van der Waals surface area (Å²) >= 11 is 0. The van der Waals surface area contributed by atoms with E-state index in [4.69, 9.17) is 4.74 Å². The van der Waals surface area contributed by atoms with Crippen molar-refractivity contribution < 1.29 is 18.3 Å². The molecule has 1 unspecified atom stereocenters. The van der Waals surface area contributed by atoms with E-state index in [1.807, 2.05) is 30.3 Å². The molecule has 0 spiro atoms. The molecule has 1 aliphatic rings. The molecule has 6 nitrogen and oxygen atoms in total. The third kappa shape index (κ3) is 4.42. The first-order valence-electron chi connectivity index (χ1n) is 9.40. The lowest BCUT2D eigenvalue weighted by atomic mass is 10.1. The number of piperidine rings is 1. The second-order valence-electron chi connectivity index (χ2n) is 6.86. The van der Waals surface area contributed by atoms with Crippen molar-refractivity contribution >= 4 is 5.91 Å². The summed E-state index contributed by atoms with van der Waals surface area (Å²) in [6, 6.07) is 12.8. The molecule has 29 heavy (non-hydrogen) atoms. The molecule has 8 heteroatoms. The van der Waals surface area contributed by atoms with Crippen molar-refractivity contribution in [2.45, 2.75) is 25.5 Å². The minimum atomic E-state index is -2.71. The van der Waals surface area contributed by atoms with E-state index in [1.54, 1.807) is 17.0 Å². The van der Waals surface area contributed by atoms with Crippen LogP contribution in [0.1, 0.15) is 29.9 Å². The molecule has 1 saturated heterocycles. The monoisotopic (exact) mass is 398 g/mol. The first kappa shape index (κ1) is 19.0. The minimum absolute atomic E-state index is 0.0810. The lowest BCUT2D eigenvalue weighted by Gasteiger charge is -2.32. The zero-order valence-electron chi connectivity index (χ0n) is 15.6. The molecular formula is C21H20F2N4O2. The molecule has 1 amide bonds. The van der Waals surface area contributed by atoms with Gasteiger partial charge in [0.05, 0.1) is 12.7 Å². The predicted octanol–water partition coefficient (Wildman–Crippen LogP) is 4.02. The molecular weight excluding hydrogens is 378 g/mol. The zero-order chi connectivity index (χ0) is 20.2. The smallest absolute Gasteiger partial charge is 0.333 e. The maximum absolute atomic E-state index is 13.0. The SMILES string of the molecule is O=C(c1cc(-c2cnn(C(F)F)c2)ccn1)N1CCCC(Oc2ccccc2)C1. The van der Waals surface area contributed by atoms with Crippen LogP contribution in [-0.4, -0.2) is 44.8 Å². The van der Waals surface area contributed by atoms with Crippen molar-refractivity contribution in [1.29, 1.82) is 0 Å². The highest BCUT2D eigenvalue weighted by Crippen LogP contribution is 2.23. The Morgan fingerprint density at radius 1 is 1.17 bits per heavy atom. The molecule has 0 aliphatic carbocycles. The average Bonchev–Trinajstić information content (AvgIpc) is 3.25. The van der Waals surface area contributed by atoms with Gasteiger partial charge in [-0.15, -0.1) is 0 Å². The molecule has 3 heterocycles. The molecule has 0 N–H and O–H groups in total. The van der Waals surface area contributed by atoms with Crippen molar-refractivity contribution in [2.75, 3.05) is 13.1 Å². The molecule has 4 rings (SSSR count). The Labute approximate surface area is 166 Å². The van der Waals surface area contributed by atoms with Gasteiger partial charge < -0.3 is 9.64 Å². The van der Waals surface area contributed by atoms with Crippen molar-refractivity contribution in [3.05, 3.63) is 66.7 Å². The van der Waals surface area contributed by atoms with Crippen LogP contribution in [0, 0.1) is 0 Å². The highest BCUT2D eigenvalue weighted by molar-refractivity contribution is 5.93. The first-order chi connectivity index (χ1) is 14.1. The third-order valence-electron chi connectivity index (χ3n) is 4.83. The van der Waals surface area contributed by atoms with Crippen LogP contribution in [0.5, 0.6) is 5.75 Å². The van der Waals surface area contributed by atoms with Gasteiger partial charge >= 0.3 is 6.55 Å². The van der Waals surface area contributed by atoms with Crippen LogP contribution in [0.3, 0.4) is 0 Å². The Balaban J connectivity index is 1.47. The number of likely N-dealkylation sites (tertiary alicyclic amines) is 1. The Hall–Kier alpha value is -3.29. The number of pyridine rings is 1. The van der Waals surface area contributed by atoms with Crippen LogP contribution in [0.15, 0.2) is 61.1 Å². The van der Waals surface area contributed by atoms with E-state index in [0.717, 1.165) is 18.6 Å². The summed E-state index contributed by atoms with van der Waals surface area (Å²) in [7, 11) is 0. The number of hydrogen-bond donors (Lipinski definition) is 0. The van der Waals surface area contributed by atoms with E-state index >= 15 is 0 Å². The summed E-state index contributed by atoms with van der Waals surface area (Å²) in [5, 5.41) is 3.64. The number of carbonyl (C=O) groups excluding carboxylic acids is 1. The summed E-state index contributed by atoms with van der Waals surface area (Å²) in [5.74, 6) is 0.581. The number of halogens is 2. The van der Waals surface area contributed by atoms with E-state index < -0.39 is 6.55 Å². The molecule has 1 atom stereocenters. The van der Waals surface area contributed by atoms with Gasteiger partial charge in [-0.05, 0) is 42.7 Å². The number of alkyl halides is 2. The average molecular weight is 398 g/mol. The summed E-state index contributed by atoms with van der Waals surface area (Å²) in [4.78, 5) is 18.9. The van der Waals surface area contributed by atoms with Gasteiger partial charge in [-0.3, -0.25) is 9.78 Å². The highest BCUT2D eigenvalue weighted by Gasteiger charge is 2.26. The van der Waals surface area contributed by atoms with Gasteiger partial charge in [-0.1, -0.05) is 18.2 Å². The fourth-order valence-electron chi connectivity index (χ4n) is 3.39. The zero-order valence-corrected chi connectivity index (χ0v) is 15.6. The van der Waals surface area contributed by atoms with Crippen molar-refractivity contribution in [2.24, 2.45) is 0 Å². The van der Waals surface area contributed by atoms with Crippen LogP contribution in [0.4, 0.5) is 8.78 Å². The lowest BCUT2D eigenvalue weighted by molar-refractivity contribution is 0.0532. The van der Waals surface area contributed by atoms with Crippen molar-refractivity contribution in [3.8, 4) is 16.9 Å². The Morgan fingerprint density at radius 2 is 2.00 bits per heavy atom. The molecule has 1 aromatic carbocycles. The number of rotatable bonds is 5. The standard InChI is InChI=1S/C21H20F2N4O2/c22-21(23)27-13-16(12-25-27)15-8-9-24-19(11-15)20(28)26-10-4-7-18(14-26)29-17-5-2-1-3-6-17/h1-3,5-6,8-9,11-13,18,21H,4,7,10,14H2. The minimum Gasteiger partial charge on any atom is -0.489 e. The highest BCUT2D eigenvalue weighted by atomic mass is 19.3. The van der Waals surface area contributed by atoms with E-state index in [9.17, 15) is 13.6 Å². The Morgan fingerprint density at radius 3 is 2.76 bits per heavy atom. The largest absolute Gasteiger partial charge is 0.489 e. The molecule has 3 aromatic rings. The van der Waals surface area contributed by atoms with Crippen molar-refractivity contribution in [1.82, 2.24) is 19.7 Å². The van der Waals surface area contributed by atoms with Crippen LogP contribution in [0.2, 0.25) is 0 Å². The molecule has 0 saturated carbocycles. The second kappa shape index (κ2) is 8.38. The lowest BCUT2D eigenvalue weighted by Crippen LogP contribution is -2.44. The predicted molar refractivity (Wildman–Crippen MR) is 103 cm³/mol. The van der Waals surface area contributed by atoms with Crippen LogP contribution >= 0.6 is 0 Å². The number of carbonyl (C=O) groups is 1. The number of ether oxygens (including phenoxy) is 1. The van der Waals surface area contributed by atoms with E-state index in [-0.39, 0.29) is 17.7 Å². The number of hydrogen-bond acceptors (Lipinski definition) is 4. The number of aromatic nitrogens is 3. The van der Waals surface area contributed by atoms with Gasteiger partial charge in [0.2, 0.25) is 0 Å². The second-order valence-corrected chi connectivity index (χ2v) is 6.86. The molecule has 0 bridgehead atoms. The summed E-state index contributed by atoms with van der Waals surface area (Å²) in [6.07, 6.45) is 5.73. The Bertz CT molecular complexity index is 978. The fraction of sp³-hybridized carbons (Fsp3) is 0.286. The first-order valence-corrected chi connectivity index (χ1v) is 9.40. The molecule has 1 fully saturated rings. The van der Waals surface area contributed by atoms with E-state index in [0.29, 0.717) is 28.9 Å². The molecule has 150 valence electrons. The quantitative estimate of drug-likeness (QED) is 0.651. The van der Waals surface area contributed by atoms with Gasteiger partial charge in [-0.25, -0.2) is 4.68 Å². The number of nitrogens with zero attached hydrogens (tertiary/aromatic N) is 4. The van der Waals surface area contributed by atoms with Gasteiger partial charge in [0.1, 0.15) is 17.5 Å². The maximum atomic E-state index is 13.0. The molecule has 0 radical (unpaired) electrons. The molecule has 1 aliphatic heterocycles. The number of para-hydroxylation sites is 1. The third-order valence-corrected chi connectivity index (χ3v) is 4.83. The fourth-order valence-corrected chi connectivity index (χ4v) is 3.39. The van der Waals surface area contributed by atoms with Gasteiger partial charge in [0.15, 0.2) is 0 Å². The molecule has 2 aromatic heterocycles. The van der Waals surface area contributed by atoms with Crippen molar-refractivity contribution in [3.63, 3.8) is 0 Å². The maximum Gasteiger partial charge on any atom is 0.333 e. The van der Waals surface area contributed by atoms with Gasteiger partial charge in [-0.2, -0.15) is 13.9 Å². The summed E-state index contributed by atoms with van der Waals surface area (Å²) in [5.41, 5.74) is 1.39. The number of amides is 1. The summed E-state index contributed by atoms with van der Waals surface area (Å²) in [6.45, 7) is -1.60. The van der Waals surface area contributed by atoms with Crippen LogP contribution < -0.4 is 4.74 Å². The van der Waals surface area contributed by atoms with E-state index in [1.165, 1.54) is 18.6 Å².